The number of hydrogen-bond donors (Lipinski definition) is 2. The molecule has 3 heterocycles. The molecule has 1 saturated carbocycles. The zero-order chi connectivity index (χ0) is 23.0. The second kappa shape index (κ2) is 8.57. The van der Waals surface area contributed by atoms with Crippen molar-refractivity contribution in [3.05, 3.63) is 17.7 Å². The summed E-state index contributed by atoms with van der Waals surface area (Å²) in [5.41, 5.74) is 0.441. The van der Waals surface area contributed by atoms with Crippen molar-refractivity contribution in [3.8, 4) is 0 Å². The van der Waals surface area contributed by atoms with Crippen LogP contribution >= 0.6 is 0 Å². The number of nitrogens with one attached hydrogen (secondary N) is 1. The molecule has 4 rings (SSSR count). The number of tetrazole rings is 1. The molecule has 2 N–H and O–H groups in total. The van der Waals surface area contributed by atoms with Crippen LogP contribution in [0.2, 0.25) is 0 Å². The van der Waals surface area contributed by atoms with Crippen LogP contribution in [0.3, 0.4) is 0 Å². The Labute approximate surface area is 186 Å². The highest BCUT2D eigenvalue weighted by atomic mass is 16.3. The molecule has 0 spiro atoms. The minimum absolute atomic E-state index is 0.109. The molecule has 12 heteroatoms. The van der Waals surface area contributed by atoms with Crippen molar-refractivity contribution in [2.24, 2.45) is 5.41 Å². The molecule has 0 bridgehead atoms. The van der Waals surface area contributed by atoms with E-state index in [-0.39, 0.29) is 24.8 Å². The number of aliphatic hydroxyl groups is 1. The summed E-state index contributed by atoms with van der Waals surface area (Å²) in [5, 5.41) is 33.4. The maximum Gasteiger partial charge on any atom is 0.248 e. The highest BCUT2D eigenvalue weighted by Gasteiger charge is 2.45. The smallest absolute Gasteiger partial charge is 0.248 e. The first-order valence-corrected chi connectivity index (χ1v) is 11.1. The number of aromatic nitrogens is 7. The predicted octanol–water partition coefficient (Wildman–Crippen LogP) is -0.184. The third-order valence-electron chi connectivity index (χ3n) is 5.87. The normalized spacial score (nSPS) is 22.2. The molecule has 2 amide bonds. The molecule has 2 aromatic heterocycles. The fraction of sp³-hybridized carbons (Fsp3) is 0.750. The average molecular weight is 446 g/mol. The Morgan fingerprint density at radius 1 is 1.25 bits per heavy atom. The third kappa shape index (κ3) is 4.79. The number of β-amino-alcohol motifs (C(OH)–C–C–N with tert-alkyl or cyclic N) is 1. The van der Waals surface area contributed by atoms with E-state index in [1.165, 1.54) is 9.70 Å². The molecule has 1 saturated heterocycles. The van der Waals surface area contributed by atoms with E-state index in [1.807, 2.05) is 27.0 Å². The van der Waals surface area contributed by atoms with Crippen LogP contribution in [0.4, 0.5) is 0 Å². The van der Waals surface area contributed by atoms with Crippen molar-refractivity contribution in [1.29, 1.82) is 0 Å². The summed E-state index contributed by atoms with van der Waals surface area (Å²) >= 11 is 0. The lowest BCUT2D eigenvalue weighted by Gasteiger charge is -2.34. The summed E-state index contributed by atoms with van der Waals surface area (Å²) in [7, 11) is 0. The highest BCUT2D eigenvalue weighted by molar-refractivity contribution is 5.90. The summed E-state index contributed by atoms with van der Waals surface area (Å²) in [6.45, 7) is 8.38. The topological polar surface area (TPSA) is 144 Å². The maximum atomic E-state index is 13.7. The van der Waals surface area contributed by atoms with E-state index in [4.69, 9.17) is 0 Å². The average Bonchev–Trinajstić information content (AvgIpc) is 3.10. The summed E-state index contributed by atoms with van der Waals surface area (Å²) in [6.07, 6.45) is 3.47. The van der Waals surface area contributed by atoms with E-state index in [1.54, 1.807) is 11.6 Å². The molecule has 12 nitrogen and oxygen atoms in total. The first-order valence-electron chi connectivity index (χ1n) is 11.1. The molecular formula is C20H31N9O3. The monoisotopic (exact) mass is 445 g/mol. The van der Waals surface area contributed by atoms with Crippen LogP contribution in [-0.4, -0.2) is 82.3 Å². The van der Waals surface area contributed by atoms with E-state index in [0.29, 0.717) is 24.8 Å². The van der Waals surface area contributed by atoms with Crippen LogP contribution in [0, 0.1) is 12.3 Å². The van der Waals surface area contributed by atoms with Gasteiger partial charge < -0.3 is 15.3 Å². The van der Waals surface area contributed by atoms with Crippen LogP contribution in [0.1, 0.15) is 63.5 Å². The first-order chi connectivity index (χ1) is 15.1. The zero-order valence-corrected chi connectivity index (χ0v) is 19.0. The summed E-state index contributed by atoms with van der Waals surface area (Å²) in [5.74, 6) is 0.430. The maximum absolute atomic E-state index is 13.7. The number of amides is 2. The Morgan fingerprint density at radius 3 is 2.62 bits per heavy atom. The lowest BCUT2D eigenvalue weighted by atomic mass is 9.85. The van der Waals surface area contributed by atoms with Crippen LogP contribution in [0.15, 0.2) is 6.20 Å². The molecule has 32 heavy (non-hydrogen) atoms. The summed E-state index contributed by atoms with van der Waals surface area (Å²) in [4.78, 5) is 29.4. The van der Waals surface area contributed by atoms with E-state index < -0.39 is 23.6 Å². The molecule has 2 aliphatic rings. The number of aliphatic hydroxyl groups excluding tert-OH is 1. The van der Waals surface area contributed by atoms with E-state index >= 15 is 0 Å². The summed E-state index contributed by atoms with van der Waals surface area (Å²) in [6, 6.07) is -1.38. The largest absolute Gasteiger partial charge is 0.391 e. The van der Waals surface area contributed by atoms with Crippen molar-refractivity contribution < 1.29 is 14.7 Å². The van der Waals surface area contributed by atoms with Crippen molar-refractivity contribution in [1.82, 2.24) is 45.4 Å². The Morgan fingerprint density at radius 2 is 2.00 bits per heavy atom. The number of carbonyl (C=O) groups is 2. The fourth-order valence-corrected chi connectivity index (χ4v) is 4.14. The van der Waals surface area contributed by atoms with Gasteiger partial charge in [-0.1, -0.05) is 26.0 Å². The molecule has 174 valence electrons. The molecule has 0 aromatic carbocycles. The summed E-state index contributed by atoms with van der Waals surface area (Å²) < 4.78 is 1.62. The number of rotatable bonds is 7. The lowest BCUT2D eigenvalue weighted by molar-refractivity contribution is -0.144. The lowest BCUT2D eigenvalue weighted by Crippen LogP contribution is -2.50. The molecule has 2 fully saturated rings. The van der Waals surface area contributed by atoms with E-state index in [0.717, 1.165) is 18.5 Å². The van der Waals surface area contributed by atoms with Crippen LogP contribution in [-0.2, 0) is 16.1 Å². The predicted molar refractivity (Wildman–Crippen MR) is 112 cm³/mol. The van der Waals surface area contributed by atoms with Gasteiger partial charge in [0.15, 0.2) is 5.82 Å². The molecule has 1 aliphatic carbocycles. The number of likely N-dealkylation sites (tertiary alicyclic amines) is 1. The molecule has 1 aliphatic heterocycles. The van der Waals surface area contributed by atoms with Gasteiger partial charge in [-0.05, 0) is 30.4 Å². The molecule has 0 unspecified atom stereocenters. The van der Waals surface area contributed by atoms with Crippen molar-refractivity contribution >= 4 is 11.8 Å². The van der Waals surface area contributed by atoms with Gasteiger partial charge in [-0.25, -0.2) is 4.68 Å². The number of nitrogens with zero attached hydrogens (tertiary/aromatic N) is 8. The third-order valence-corrected chi connectivity index (χ3v) is 5.87. The Bertz CT molecular complexity index is 975. The van der Waals surface area contributed by atoms with Gasteiger partial charge in [0, 0.05) is 31.6 Å². The molecule has 2 aromatic rings. The van der Waals surface area contributed by atoms with Crippen LogP contribution < -0.4 is 5.32 Å². The van der Waals surface area contributed by atoms with Crippen molar-refractivity contribution in [2.75, 3.05) is 13.1 Å². The first kappa shape index (κ1) is 22.3. The van der Waals surface area contributed by atoms with E-state index in [9.17, 15) is 14.7 Å². The highest BCUT2D eigenvalue weighted by Crippen LogP contribution is 2.40. The minimum Gasteiger partial charge on any atom is -0.391 e. The van der Waals surface area contributed by atoms with Gasteiger partial charge in [0.05, 0.1) is 18.3 Å². The fourth-order valence-electron chi connectivity index (χ4n) is 4.14. The zero-order valence-electron chi connectivity index (χ0n) is 19.0. The molecule has 0 radical (unpaired) electrons. The Kier molecular flexibility index (Phi) is 5.97. The Balaban J connectivity index is 1.46. The number of carbonyl (C=O) groups excluding carboxylic acids is 2. The van der Waals surface area contributed by atoms with Gasteiger partial charge >= 0.3 is 0 Å². The molecular weight excluding hydrogens is 414 g/mol. The van der Waals surface area contributed by atoms with Gasteiger partial charge in [-0.3, -0.25) is 9.59 Å². The van der Waals surface area contributed by atoms with Gasteiger partial charge in [-0.2, -0.15) is 4.80 Å². The number of hydrogen-bond acceptors (Lipinski definition) is 8. The van der Waals surface area contributed by atoms with Crippen molar-refractivity contribution in [3.63, 3.8) is 0 Å². The van der Waals surface area contributed by atoms with Gasteiger partial charge in [0.2, 0.25) is 11.8 Å². The Hall–Kier alpha value is -2.89. The van der Waals surface area contributed by atoms with Gasteiger partial charge in [0.25, 0.3) is 0 Å². The van der Waals surface area contributed by atoms with E-state index in [2.05, 4.69) is 31.0 Å². The van der Waals surface area contributed by atoms with Gasteiger partial charge in [0.1, 0.15) is 12.1 Å². The molecule has 3 atom stereocenters. The minimum atomic E-state index is -0.757. The standard InChI is InChI=1S/C20H31N9O3/c1-12-22-26-29(24-12)8-7-21-18(31)16-9-14(30)10-27(16)19(32)17(20(2,3)4)28-11-15(23-25-28)13-5-6-13/h11,13-14,16-17,30H,5-10H2,1-4H3,(H,21,31)/t14-,16+,17-/m1/s1. The second-order valence-electron chi connectivity index (χ2n) is 9.79. The quantitative estimate of drug-likeness (QED) is 0.597. The van der Waals surface area contributed by atoms with Gasteiger partial charge in [-0.15, -0.1) is 15.3 Å². The van der Waals surface area contributed by atoms with Crippen LogP contribution in [0.5, 0.6) is 0 Å². The SMILES string of the molecule is Cc1nnn(CCNC(=O)[C@@H]2C[C@@H](O)CN2C(=O)[C@@H](n2cc(C3CC3)nn2)C(C)(C)C)n1. The second-order valence-corrected chi connectivity index (χ2v) is 9.79. The van der Waals surface area contributed by atoms with Crippen molar-refractivity contribution in [2.45, 2.75) is 77.6 Å². The number of aryl methyl sites for hydroxylation is 1. The van der Waals surface area contributed by atoms with Crippen LogP contribution in [0.25, 0.3) is 0 Å².